The van der Waals surface area contributed by atoms with Crippen LogP contribution < -0.4 is 9.64 Å². The van der Waals surface area contributed by atoms with Gasteiger partial charge in [0, 0.05) is 5.56 Å². The maximum Gasteiger partial charge on any atom is 0.238 e. The Balaban J connectivity index is 1.29. The number of benzene rings is 2. The van der Waals surface area contributed by atoms with E-state index in [9.17, 15) is 14.4 Å². The lowest BCUT2D eigenvalue weighted by atomic mass is 9.63. The highest BCUT2D eigenvalue weighted by Crippen LogP contribution is 2.65. The number of Topliss-reactive ketones (excluding diaryl/α,β-unsaturated/α-hetero) is 1. The molecular weight excluding hydrogens is 402 g/mol. The van der Waals surface area contributed by atoms with Crippen molar-refractivity contribution < 1.29 is 19.1 Å². The van der Waals surface area contributed by atoms with Gasteiger partial charge in [0.15, 0.2) is 6.10 Å². The molecule has 1 aliphatic heterocycles. The third kappa shape index (κ3) is 2.73. The van der Waals surface area contributed by atoms with E-state index in [1.165, 1.54) is 4.90 Å². The minimum atomic E-state index is -0.751. The Bertz CT molecular complexity index is 1130. The van der Waals surface area contributed by atoms with Crippen molar-refractivity contribution in [2.24, 2.45) is 35.5 Å². The Morgan fingerprint density at radius 2 is 1.53 bits per heavy atom. The Morgan fingerprint density at radius 3 is 2.16 bits per heavy atom. The Kier molecular flexibility index (Phi) is 4.19. The summed E-state index contributed by atoms with van der Waals surface area (Å²) in [5, 5.41) is 0. The molecule has 1 saturated heterocycles. The van der Waals surface area contributed by atoms with Crippen molar-refractivity contribution in [2.45, 2.75) is 26.4 Å². The maximum atomic E-state index is 13.5. The van der Waals surface area contributed by atoms with Crippen molar-refractivity contribution in [3.63, 3.8) is 0 Å². The van der Waals surface area contributed by atoms with E-state index in [-0.39, 0.29) is 41.3 Å². The first-order chi connectivity index (χ1) is 15.5. The molecule has 2 bridgehead atoms. The van der Waals surface area contributed by atoms with E-state index < -0.39 is 6.10 Å². The number of hydrogen-bond acceptors (Lipinski definition) is 4. The van der Waals surface area contributed by atoms with Crippen molar-refractivity contribution in [1.82, 2.24) is 0 Å². The van der Waals surface area contributed by atoms with Gasteiger partial charge in [-0.05, 0) is 56.1 Å². The van der Waals surface area contributed by atoms with Gasteiger partial charge in [-0.2, -0.15) is 0 Å². The molecule has 5 heteroatoms. The van der Waals surface area contributed by atoms with Gasteiger partial charge >= 0.3 is 0 Å². The maximum absolute atomic E-state index is 13.5. The van der Waals surface area contributed by atoms with Gasteiger partial charge < -0.3 is 4.74 Å². The summed E-state index contributed by atoms with van der Waals surface area (Å²) in [5.41, 5.74) is 2.09. The zero-order chi connectivity index (χ0) is 22.1. The van der Waals surface area contributed by atoms with Crippen LogP contribution >= 0.6 is 0 Å². The van der Waals surface area contributed by atoms with Crippen molar-refractivity contribution in [3.05, 3.63) is 71.8 Å². The van der Waals surface area contributed by atoms with Gasteiger partial charge in [0.1, 0.15) is 5.75 Å². The molecule has 7 atom stereocenters. The van der Waals surface area contributed by atoms with Gasteiger partial charge in [-0.25, -0.2) is 4.90 Å². The first-order valence-electron chi connectivity index (χ1n) is 11.4. The van der Waals surface area contributed by atoms with Crippen LogP contribution in [0.25, 0.3) is 0 Å². The zero-order valence-corrected chi connectivity index (χ0v) is 18.1. The molecule has 0 aromatic heterocycles. The number of hydrogen-bond donors (Lipinski definition) is 0. The summed E-state index contributed by atoms with van der Waals surface area (Å²) in [6.07, 6.45) is 4.71. The monoisotopic (exact) mass is 427 g/mol. The third-order valence-corrected chi connectivity index (χ3v) is 7.78. The fourth-order valence-electron chi connectivity index (χ4n) is 6.13. The second-order valence-corrected chi connectivity index (χ2v) is 9.62. The topological polar surface area (TPSA) is 63.7 Å². The molecule has 2 amide bonds. The second-order valence-electron chi connectivity index (χ2n) is 9.62. The Hall–Kier alpha value is -3.21. The van der Waals surface area contributed by atoms with E-state index in [1.54, 1.807) is 43.3 Å². The zero-order valence-electron chi connectivity index (χ0n) is 18.1. The smallest absolute Gasteiger partial charge is 0.238 e. The van der Waals surface area contributed by atoms with E-state index in [0.717, 1.165) is 12.0 Å². The van der Waals surface area contributed by atoms with Crippen LogP contribution in [0.4, 0.5) is 5.69 Å². The van der Waals surface area contributed by atoms with Crippen molar-refractivity contribution in [2.75, 3.05) is 4.90 Å². The molecule has 2 saturated carbocycles. The lowest BCUT2D eigenvalue weighted by Gasteiger charge is -2.37. The molecule has 1 heterocycles. The number of carbonyl (C=O) groups is 3. The molecule has 2 aromatic carbocycles. The normalized spacial score (nSPS) is 32.5. The second kappa shape index (κ2) is 6.89. The number of ketones is 1. The quantitative estimate of drug-likeness (QED) is 0.408. The largest absolute Gasteiger partial charge is 0.480 e. The molecule has 0 spiro atoms. The number of para-hydroxylation sites is 2. The highest BCUT2D eigenvalue weighted by Gasteiger charge is 2.67. The number of rotatable bonds is 5. The number of ether oxygens (including phenoxy) is 1. The number of imide groups is 1. The van der Waals surface area contributed by atoms with Crippen LogP contribution in [0, 0.1) is 42.4 Å². The fourth-order valence-corrected chi connectivity index (χ4v) is 6.13. The van der Waals surface area contributed by atoms with Crippen LogP contribution in [0.15, 0.2) is 60.7 Å². The molecule has 5 nitrogen and oxygen atoms in total. The molecule has 7 rings (SSSR count). The first-order valence-corrected chi connectivity index (χ1v) is 11.4. The molecular formula is C27H25NO4. The summed E-state index contributed by atoms with van der Waals surface area (Å²) in [6.45, 7) is 3.67. The van der Waals surface area contributed by atoms with E-state index >= 15 is 0 Å². The number of anilines is 1. The standard InChI is InChI=1S/C27H25NO4/c1-14-7-9-16(10-8-14)25(29)15(2)32-22-6-4-3-5-21(22)28-26(30)23-17-11-12-18(20-13-19(17)20)24(23)27(28)31/h3-12,15,17-20,23-24H,13H2,1-2H3/t15-,17-,18-,19-,20+,23+,24+/m1/s1. The minimum Gasteiger partial charge on any atom is -0.480 e. The highest BCUT2D eigenvalue weighted by atomic mass is 16.5. The highest BCUT2D eigenvalue weighted by molar-refractivity contribution is 6.23. The molecule has 0 unspecified atom stereocenters. The molecule has 2 aromatic rings. The van der Waals surface area contributed by atoms with Crippen LogP contribution in [0.5, 0.6) is 5.75 Å². The van der Waals surface area contributed by atoms with Crippen molar-refractivity contribution >= 4 is 23.3 Å². The Labute approximate surface area is 187 Å². The Morgan fingerprint density at radius 1 is 0.938 bits per heavy atom. The molecule has 162 valence electrons. The molecule has 5 aliphatic rings. The SMILES string of the molecule is Cc1ccc(C(=O)[C@@H](C)Oc2ccccc2N2C(=O)[C@H]3[C@@H]4C=C[C@H]([C@@H]5C[C@H]45)[C@@H]3C2=O)cc1. The molecule has 0 N–H and O–H groups in total. The average Bonchev–Trinajstić information content (AvgIpc) is 3.58. The summed E-state index contributed by atoms with van der Waals surface area (Å²) >= 11 is 0. The lowest BCUT2D eigenvalue weighted by molar-refractivity contribution is -0.124. The summed E-state index contributed by atoms with van der Waals surface area (Å²) in [7, 11) is 0. The molecule has 0 radical (unpaired) electrons. The number of allylic oxidation sites excluding steroid dienone is 2. The lowest BCUT2D eigenvalue weighted by Crippen LogP contribution is -2.40. The molecule has 4 aliphatic carbocycles. The third-order valence-electron chi connectivity index (χ3n) is 7.78. The van der Waals surface area contributed by atoms with Crippen LogP contribution in [0.2, 0.25) is 0 Å². The van der Waals surface area contributed by atoms with Gasteiger partial charge in [0.2, 0.25) is 17.6 Å². The number of nitrogens with zero attached hydrogens (tertiary/aromatic N) is 1. The van der Waals surface area contributed by atoms with Gasteiger partial charge in [0.25, 0.3) is 0 Å². The summed E-state index contributed by atoms with van der Waals surface area (Å²) in [5.74, 6) is 0.917. The average molecular weight is 428 g/mol. The van der Waals surface area contributed by atoms with Crippen molar-refractivity contribution in [3.8, 4) is 5.75 Å². The van der Waals surface area contributed by atoms with E-state index in [0.29, 0.717) is 28.8 Å². The van der Waals surface area contributed by atoms with Crippen LogP contribution in [-0.2, 0) is 9.59 Å². The van der Waals surface area contributed by atoms with Crippen LogP contribution in [0.1, 0.15) is 29.3 Å². The van der Waals surface area contributed by atoms with Gasteiger partial charge in [0.05, 0.1) is 17.5 Å². The number of aryl methyl sites for hydroxylation is 1. The van der Waals surface area contributed by atoms with Crippen LogP contribution in [0.3, 0.4) is 0 Å². The predicted octanol–water partition coefficient (Wildman–Crippen LogP) is 4.20. The minimum absolute atomic E-state index is 0.127. The van der Waals surface area contributed by atoms with E-state index in [1.807, 2.05) is 19.1 Å². The molecule has 32 heavy (non-hydrogen) atoms. The summed E-state index contributed by atoms with van der Waals surface area (Å²) < 4.78 is 6.04. The van der Waals surface area contributed by atoms with Gasteiger partial charge in [-0.1, -0.05) is 54.1 Å². The van der Waals surface area contributed by atoms with Gasteiger partial charge in [-0.3, -0.25) is 14.4 Å². The summed E-state index contributed by atoms with van der Waals surface area (Å²) in [6, 6.07) is 14.4. The predicted molar refractivity (Wildman–Crippen MR) is 119 cm³/mol. The molecule has 3 fully saturated rings. The number of amides is 2. The van der Waals surface area contributed by atoms with Crippen LogP contribution in [-0.4, -0.2) is 23.7 Å². The first kappa shape index (κ1) is 19.5. The number of carbonyl (C=O) groups excluding carboxylic acids is 3. The van der Waals surface area contributed by atoms with Crippen molar-refractivity contribution in [1.29, 1.82) is 0 Å². The van der Waals surface area contributed by atoms with E-state index in [2.05, 4.69) is 12.2 Å². The van der Waals surface area contributed by atoms with E-state index in [4.69, 9.17) is 4.74 Å². The summed E-state index contributed by atoms with van der Waals surface area (Å²) in [4.78, 5) is 41.2. The van der Waals surface area contributed by atoms with Gasteiger partial charge in [-0.15, -0.1) is 0 Å². The fraction of sp³-hybridized carbons (Fsp3) is 0.370.